The summed E-state index contributed by atoms with van der Waals surface area (Å²) in [5.41, 5.74) is 3.00. The minimum Gasteiger partial charge on any atom is -0.396 e. The molecule has 1 aromatic carbocycles. The lowest BCUT2D eigenvalue weighted by Gasteiger charge is -2.17. The predicted molar refractivity (Wildman–Crippen MR) is 62.9 cm³/mol. The van der Waals surface area contributed by atoms with E-state index in [1.165, 1.54) is 17.5 Å². The normalized spacial score (nSPS) is 31.3. The van der Waals surface area contributed by atoms with E-state index in [0.29, 0.717) is 18.4 Å². The summed E-state index contributed by atoms with van der Waals surface area (Å²) in [6.07, 6.45) is 1.17. The Balaban J connectivity index is 2.17. The second-order valence-corrected chi connectivity index (χ2v) is 5.27. The van der Waals surface area contributed by atoms with E-state index in [-0.39, 0.29) is 5.41 Å². The molecule has 3 atom stereocenters. The first-order valence-electron chi connectivity index (χ1n) is 5.75. The van der Waals surface area contributed by atoms with Crippen LogP contribution in [-0.4, -0.2) is 11.7 Å². The molecule has 0 saturated heterocycles. The highest BCUT2D eigenvalue weighted by molar-refractivity contribution is 5.31. The van der Waals surface area contributed by atoms with Crippen molar-refractivity contribution in [2.24, 2.45) is 11.3 Å². The van der Waals surface area contributed by atoms with Crippen LogP contribution in [0.5, 0.6) is 0 Å². The Morgan fingerprint density at radius 1 is 1.47 bits per heavy atom. The molecule has 82 valence electrons. The van der Waals surface area contributed by atoms with E-state index in [9.17, 15) is 5.11 Å². The maximum atomic E-state index is 9.30. The third-order valence-corrected chi connectivity index (χ3v) is 4.07. The Bertz CT molecular complexity index is 358. The predicted octanol–water partition coefficient (Wildman–Crippen LogP) is 3.12. The van der Waals surface area contributed by atoms with Crippen LogP contribution in [0.2, 0.25) is 0 Å². The summed E-state index contributed by atoms with van der Waals surface area (Å²) < 4.78 is 0. The van der Waals surface area contributed by atoms with Crippen molar-refractivity contribution >= 4 is 0 Å². The van der Waals surface area contributed by atoms with Crippen LogP contribution in [0.3, 0.4) is 0 Å². The molecule has 1 aliphatic carbocycles. The topological polar surface area (TPSA) is 20.2 Å². The highest BCUT2D eigenvalue weighted by Gasteiger charge is 2.52. The molecule has 1 saturated carbocycles. The van der Waals surface area contributed by atoms with Crippen LogP contribution >= 0.6 is 0 Å². The molecule has 0 spiro atoms. The molecular weight excluding hydrogens is 184 g/mol. The van der Waals surface area contributed by atoms with E-state index in [0.717, 1.165) is 0 Å². The van der Waals surface area contributed by atoms with E-state index in [2.05, 4.69) is 45.0 Å². The van der Waals surface area contributed by atoms with Gasteiger partial charge in [0.25, 0.3) is 0 Å². The first kappa shape index (κ1) is 10.7. The summed E-state index contributed by atoms with van der Waals surface area (Å²) >= 11 is 0. The van der Waals surface area contributed by atoms with Gasteiger partial charge < -0.3 is 5.11 Å². The molecule has 1 aromatic rings. The van der Waals surface area contributed by atoms with Gasteiger partial charge >= 0.3 is 0 Å². The van der Waals surface area contributed by atoms with Crippen LogP contribution in [0, 0.1) is 18.3 Å². The number of aliphatic hydroxyl groups is 1. The van der Waals surface area contributed by atoms with Crippen LogP contribution in [-0.2, 0) is 0 Å². The number of aliphatic hydroxyl groups excluding tert-OH is 1. The van der Waals surface area contributed by atoms with Crippen molar-refractivity contribution in [1.29, 1.82) is 0 Å². The van der Waals surface area contributed by atoms with E-state index in [1.54, 1.807) is 0 Å². The lowest BCUT2D eigenvalue weighted by molar-refractivity contribution is 0.207. The highest BCUT2D eigenvalue weighted by atomic mass is 16.3. The molecule has 0 aromatic heterocycles. The Kier molecular flexibility index (Phi) is 2.59. The molecule has 2 rings (SSSR count). The van der Waals surface area contributed by atoms with Crippen molar-refractivity contribution in [2.75, 3.05) is 6.61 Å². The van der Waals surface area contributed by atoms with Gasteiger partial charge in [-0.1, -0.05) is 38.1 Å². The fourth-order valence-electron chi connectivity index (χ4n) is 2.72. The van der Waals surface area contributed by atoms with Crippen LogP contribution in [0.25, 0.3) is 0 Å². The van der Waals surface area contributed by atoms with Crippen LogP contribution in [0.4, 0.5) is 0 Å². The van der Waals surface area contributed by atoms with E-state index in [1.807, 2.05) is 0 Å². The van der Waals surface area contributed by atoms with Gasteiger partial charge in [-0.05, 0) is 41.7 Å². The zero-order valence-electron chi connectivity index (χ0n) is 9.83. The van der Waals surface area contributed by atoms with Crippen LogP contribution in [0.15, 0.2) is 24.3 Å². The van der Waals surface area contributed by atoms with Gasteiger partial charge in [0.15, 0.2) is 0 Å². The third kappa shape index (κ3) is 1.81. The van der Waals surface area contributed by atoms with Gasteiger partial charge in [0, 0.05) is 6.61 Å². The van der Waals surface area contributed by atoms with Crippen LogP contribution < -0.4 is 0 Å². The highest BCUT2D eigenvalue weighted by Crippen LogP contribution is 2.58. The van der Waals surface area contributed by atoms with Gasteiger partial charge in [-0.15, -0.1) is 0 Å². The molecule has 1 heteroatoms. The summed E-state index contributed by atoms with van der Waals surface area (Å²) in [6.45, 7) is 6.97. The monoisotopic (exact) mass is 204 g/mol. The second-order valence-electron chi connectivity index (χ2n) is 5.27. The molecule has 1 unspecified atom stereocenters. The lowest BCUT2D eigenvalue weighted by atomic mass is 9.89. The van der Waals surface area contributed by atoms with Gasteiger partial charge in [-0.25, -0.2) is 0 Å². The molecule has 1 nitrogen and oxygen atoms in total. The summed E-state index contributed by atoms with van der Waals surface area (Å²) in [5, 5.41) is 9.30. The van der Waals surface area contributed by atoms with Crippen molar-refractivity contribution in [1.82, 2.24) is 0 Å². The fourth-order valence-corrected chi connectivity index (χ4v) is 2.72. The van der Waals surface area contributed by atoms with Crippen molar-refractivity contribution in [3.8, 4) is 0 Å². The quantitative estimate of drug-likeness (QED) is 0.802. The lowest BCUT2D eigenvalue weighted by Crippen LogP contribution is -2.09. The zero-order chi connectivity index (χ0) is 11.1. The molecule has 0 bridgehead atoms. The van der Waals surface area contributed by atoms with E-state index >= 15 is 0 Å². The number of hydrogen-bond acceptors (Lipinski definition) is 1. The maximum absolute atomic E-state index is 9.30. The Hall–Kier alpha value is -0.820. The summed E-state index contributed by atoms with van der Waals surface area (Å²) in [7, 11) is 0. The smallest absolute Gasteiger partial charge is 0.0487 e. The average molecular weight is 204 g/mol. The number of hydrogen-bond donors (Lipinski definition) is 1. The summed E-state index contributed by atoms with van der Waals surface area (Å²) in [6, 6.07) is 8.59. The van der Waals surface area contributed by atoms with E-state index < -0.39 is 0 Å². The average Bonchev–Trinajstić information content (AvgIpc) is 2.92. The second kappa shape index (κ2) is 3.64. The number of aryl methyl sites for hydroxylation is 1. The van der Waals surface area contributed by atoms with Crippen LogP contribution in [0.1, 0.15) is 37.3 Å². The molecule has 1 fully saturated rings. The largest absolute Gasteiger partial charge is 0.396 e. The van der Waals surface area contributed by atoms with Gasteiger partial charge in [0.1, 0.15) is 0 Å². The molecule has 0 amide bonds. The van der Waals surface area contributed by atoms with Gasteiger partial charge in [-0.2, -0.15) is 0 Å². The van der Waals surface area contributed by atoms with Gasteiger partial charge in [0.05, 0.1) is 0 Å². The summed E-state index contributed by atoms with van der Waals surface area (Å²) in [5.74, 6) is 1.23. The standard InChI is InChI=1S/C14H20O/c1-10-6-4-5-7-12(10)11(2)13-8-14(13,3)9-15/h4-7,11,13,15H,8-9H2,1-3H3/t11-,13?,14-/m0/s1. The minimum absolute atomic E-state index is 0.182. The fraction of sp³-hybridized carbons (Fsp3) is 0.571. The van der Waals surface area contributed by atoms with Gasteiger partial charge in [0.2, 0.25) is 0 Å². The summed E-state index contributed by atoms with van der Waals surface area (Å²) in [4.78, 5) is 0. The Morgan fingerprint density at radius 2 is 2.13 bits per heavy atom. The Morgan fingerprint density at radius 3 is 2.67 bits per heavy atom. The third-order valence-electron chi connectivity index (χ3n) is 4.07. The van der Waals surface area contributed by atoms with Crippen molar-refractivity contribution < 1.29 is 5.11 Å². The molecular formula is C14H20O. The molecule has 1 aliphatic rings. The number of rotatable bonds is 3. The van der Waals surface area contributed by atoms with Gasteiger partial charge in [-0.3, -0.25) is 0 Å². The molecule has 0 aliphatic heterocycles. The first-order valence-corrected chi connectivity index (χ1v) is 5.75. The zero-order valence-corrected chi connectivity index (χ0v) is 9.83. The van der Waals surface area contributed by atoms with Crippen molar-refractivity contribution in [3.63, 3.8) is 0 Å². The molecule has 1 N–H and O–H groups in total. The van der Waals surface area contributed by atoms with Crippen molar-refractivity contribution in [3.05, 3.63) is 35.4 Å². The Labute approximate surface area is 92.1 Å². The molecule has 15 heavy (non-hydrogen) atoms. The number of benzene rings is 1. The first-order chi connectivity index (χ1) is 7.08. The maximum Gasteiger partial charge on any atom is 0.0487 e. The SMILES string of the molecule is Cc1ccccc1[C@H](C)C1C[C@@]1(C)CO. The van der Waals surface area contributed by atoms with E-state index in [4.69, 9.17) is 0 Å². The molecule has 0 heterocycles. The minimum atomic E-state index is 0.182. The molecule has 0 radical (unpaired) electrons. The van der Waals surface area contributed by atoms with Crippen molar-refractivity contribution in [2.45, 2.75) is 33.1 Å².